The Kier molecular flexibility index (Phi) is 4.73. The Morgan fingerprint density at radius 1 is 1.00 bits per heavy atom. The molecule has 3 fully saturated rings. The van der Waals surface area contributed by atoms with Crippen LogP contribution in [0.25, 0.3) is 0 Å². The summed E-state index contributed by atoms with van der Waals surface area (Å²) in [4.78, 5) is 5.50. The van der Waals surface area contributed by atoms with Gasteiger partial charge in [0, 0.05) is 36.5 Å². The van der Waals surface area contributed by atoms with Crippen LogP contribution in [-0.4, -0.2) is 65.1 Å². The molecule has 3 rings (SSSR count). The van der Waals surface area contributed by atoms with Gasteiger partial charge in [0.1, 0.15) is 0 Å². The highest BCUT2D eigenvalue weighted by atomic mass is 32.2. The van der Waals surface area contributed by atoms with Crippen LogP contribution in [0, 0.1) is 0 Å². The third kappa shape index (κ3) is 3.29. The lowest BCUT2D eigenvalue weighted by molar-refractivity contribution is 0.141. The fraction of sp³-hybridized carbons (Fsp3) is 1.00. The molecule has 3 heterocycles. The van der Waals surface area contributed by atoms with Crippen molar-refractivity contribution in [3.05, 3.63) is 0 Å². The van der Waals surface area contributed by atoms with Crippen molar-refractivity contribution in [2.45, 2.75) is 62.4 Å². The molecule has 3 nitrogen and oxygen atoms in total. The lowest BCUT2D eigenvalue weighted by Gasteiger charge is -2.38. The Morgan fingerprint density at radius 2 is 1.74 bits per heavy atom. The topological polar surface area (TPSA) is 32.5 Å². The largest absolute Gasteiger partial charge is 0.328 e. The number of rotatable bonds is 2. The van der Waals surface area contributed by atoms with Crippen molar-refractivity contribution in [3.8, 4) is 0 Å². The number of likely N-dealkylation sites (tertiary alicyclic amines) is 2. The van der Waals surface area contributed by atoms with Crippen LogP contribution in [0.15, 0.2) is 0 Å². The molecule has 110 valence electrons. The van der Waals surface area contributed by atoms with Gasteiger partial charge in [-0.1, -0.05) is 6.92 Å². The summed E-state index contributed by atoms with van der Waals surface area (Å²) < 4.78 is 0. The van der Waals surface area contributed by atoms with Crippen molar-refractivity contribution < 1.29 is 0 Å². The molecule has 19 heavy (non-hydrogen) atoms. The van der Waals surface area contributed by atoms with E-state index in [2.05, 4.69) is 28.5 Å². The van der Waals surface area contributed by atoms with Crippen molar-refractivity contribution in [2.75, 3.05) is 31.9 Å². The minimum absolute atomic E-state index is 0.462. The number of nitrogens with two attached hydrogens (primary N) is 1. The van der Waals surface area contributed by atoms with E-state index in [0.29, 0.717) is 6.04 Å². The van der Waals surface area contributed by atoms with Crippen molar-refractivity contribution >= 4 is 11.8 Å². The smallest absolute Gasteiger partial charge is 0.0235 e. The first-order valence-electron chi connectivity index (χ1n) is 8.09. The monoisotopic (exact) mass is 283 g/mol. The Morgan fingerprint density at radius 3 is 2.47 bits per heavy atom. The molecule has 0 saturated carbocycles. The predicted octanol–water partition coefficient (Wildman–Crippen LogP) is 1.77. The minimum Gasteiger partial charge on any atom is -0.328 e. The van der Waals surface area contributed by atoms with Gasteiger partial charge in [-0.25, -0.2) is 0 Å². The van der Waals surface area contributed by atoms with Crippen LogP contribution in [-0.2, 0) is 0 Å². The Labute approximate surface area is 122 Å². The maximum absolute atomic E-state index is 6.02. The molecule has 0 aromatic heterocycles. The molecule has 0 spiro atoms. The molecule has 0 amide bonds. The number of nitrogens with zero attached hydrogens (tertiary/aromatic N) is 2. The second-order valence-corrected chi connectivity index (χ2v) is 8.08. The van der Waals surface area contributed by atoms with Crippen molar-refractivity contribution in [1.29, 1.82) is 0 Å². The first kappa shape index (κ1) is 14.2. The lowest BCUT2D eigenvalue weighted by atomic mass is 10.0. The first-order chi connectivity index (χ1) is 9.24. The van der Waals surface area contributed by atoms with Gasteiger partial charge < -0.3 is 5.73 Å². The normalized spacial score (nSPS) is 39.8. The second kappa shape index (κ2) is 6.33. The third-order valence-corrected chi connectivity index (χ3v) is 6.69. The van der Waals surface area contributed by atoms with Crippen molar-refractivity contribution in [2.24, 2.45) is 5.73 Å². The first-order valence-corrected chi connectivity index (χ1v) is 9.14. The molecule has 0 aliphatic carbocycles. The molecule has 3 aliphatic heterocycles. The SMILES string of the molecule is CC1SCCCC1N1CCC(N2CCC(N)CC2)C1. The van der Waals surface area contributed by atoms with E-state index < -0.39 is 0 Å². The quantitative estimate of drug-likeness (QED) is 0.837. The zero-order valence-electron chi connectivity index (χ0n) is 12.3. The van der Waals surface area contributed by atoms with Crippen LogP contribution in [0.5, 0.6) is 0 Å². The van der Waals surface area contributed by atoms with Crippen LogP contribution in [0.2, 0.25) is 0 Å². The highest BCUT2D eigenvalue weighted by Crippen LogP contribution is 2.32. The van der Waals surface area contributed by atoms with Gasteiger partial charge in [0.05, 0.1) is 0 Å². The van der Waals surface area contributed by atoms with Gasteiger partial charge in [0.15, 0.2) is 0 Å². The summed E-state index contributed by atoms with van der Waals surface area (Å²) in [5, 5.41) is 0.835. The number of piperidine rings is 1. The molecular weight excluding hydrogens is 254 g/mol. The molecule has 0 bridgehead atoms. The molecule has 4 heteroatoms. The molecule has 3 aliphatic rings. The number of hydrogen-bond donors (Lipinski definition) is 1. The number of thioether (sulfide) groups is 1. The summed E-state index contributed by atoms with van der Waals surface area (Å²) in [7, 11) is 0. The number of hydrogen-bond acceptors (Lipinski definition) is 4. The third-order valence-electron chi connectivity index (χ3n) is 5.32. The van der Waals surface area contributed by atoms with Gasteiger partial charge in [-0.05, 0) is 50.9 Å². The fourth-order valence-corrected chi connectivity index (χ4v) is 5.27. The molecule has 0 aromatic carbocycles. The maximum Gasteiger partial charge on any atom is 0.0235 e. The van der Waals surface area contributed by atoms with Crippen molar-refractivity contribution in [3.63, 3.8) is 0 Å². The molecule has 3 unspecified atom stereocenters. The van der Waals surface area contributed by atoms with Gasteiger partial charge in [-0.2, -0.15) is 11.8 Å². The van der Waals surface area contributed by atoms with Gasteiger partial charge >= 0.3 is 0 Å². The molecule has 0 radical (unpaired) electrons. The summed E-state index contributed by atoms with van der Waals surface area (Å²) in [6.07, 6.45) is 6.62. The van der Waals surface area contributed by atoms with Gasteiger partial charge in [-0.3, -0.25) is 9.80 Å². The minimum atomic E-state index is 0.462. The summed E-state index contributed by atoms with van der Waals surface area (Å²) in [5.74, 6) is 1.37. The highest BCUT2D eigenvalue weighted by Gasteiger charge is 2.35. The molecule has 2 N–H and O–H groups in total. The van der Waals surface area contributed by atoms with E-state index >= 15 is 0 Å². The highest BCUT2D eigenvalue weighted by molar-refractivity contribution is 7.99. The zero-order chi connectivity index (χ0) is 13.2. The summed E-state index contributed by atoms with van der Waals surface area (Å²) in [6, 6.07) is 2.12. The van der Waals surface area contributed by atoms with Crippen LogP contribution in [0.4, 0.5) is 0 Å². The van der Waals surface area contributed by atoms with Crippen LogP contribution in [0.3, 0.4) is 0 Å². The van der Waals surface area contributed by atoms with E-state index in [0.717, 1.165) is 17.3 Å². The van der Waals surface area contributed by atoms with Crippen molar-refractivity contribution in [1.82, 2.24) is 9.80 Å². The summed E-state index contributed by atoms with van der Waals surface area (Å²) in [5.41, 5.74) is 6.02. The molecule has 0 aromatic rings. The van der Waals surface area contributed by atoms with Crippen LogP contribution in [0.1, 0.15) is 39.0 Å². The summed E-state index contributed by atoms with van der Waals surface area (Å²) >= 11 is 2.18. The Balaban J connectivity index is 1.52. The lowest BCUT2D eigenvalue weighted by Crippen LogP contribution is -2.48. The van der Waals surface area contributed by atoms with E-state index in [-0.39, 0.29) is 0 Å². The fourth-order valence-electron chi connectivity index (χ4n) is 4.04. The van der Waals surface area contributed by atoms with Crippen LogP contribution >= 0.6 is 11.8 Å². The summed E-state index contributed by atoms with van der Waals surface area (Å²) in [6.45, 7) is 7.53. The standard InChI is InChI=1S/C15H29N3S/c1-12-15(3-2-10-19-12)18-9-6-14(11-18)17-7-4-13(16)5-8-17/h12-15H,2-11,16H2,1H3. The van der Waals surface area contributed by atoms with Gasteiger partial charge in [0.25, 0.3) is 0 Å². The van der Waals surface area contributed by atoms with E-state index in [1.54, 1.807) is 0 Å². The van der Waals surface area contributed by atoms with E-state index in [1.807, 2.05) is 0 Å². The zero-order valence-corrected chi connectivity index (χ0v) is 13.1. The van der Waals surface area contributed by atoms with Crippen LogP contribution < -0.4 is 5.73 Å². The average Bonchev–Trinajstić information content (AvgIpc) is 2.89. The van der Waals surface area contributed by atoms with Gasteiger partial charge in [-0.15, -0.1) is 0 Å². The Bertz CT molecular complexity index is 291. The molecule has 3 atom stereocenters. The van der Waals surface area contributed by atoms with Gasteiger partial charge in [0.2, 0.25) is 0 Å². The molecule has 3 saturated heterocycles. The average molecular weight is 283 g/mol. The predicted molar refractivity (Wildman–Crippen MR) is 83.7 cm³/mol. The molecular formula is C15H29N3S. The van der Waals surface area contributed by atoms with E-state index in [4.69, 9.17) is 5.73 Å². The second-order valence-electron chi connectivity index (χ2n) is 6.60. The van der Waals surface area contributed by atoms with E-state index in [9.17, 15) is 0 Å². The van der Waals surface area contributed by atoms with E-state index in [1.165, 1.54) is 64.0 Å². The maximum atomic E-state index is 6.02. The Hall–Kier alpha value is 0.230.